The van der Waals surface area contributed by atoms with Crippen LogP contribution in [-0.2, 0) is 22.7 Å². The summed E-state index contributed by atoms with van der Waals surface area (Å²) in [5.74, 6) is 1.24. The predicted octanol–water partition coefficient (Wildman–Crippen LogP) is 4.29. The van der Waals surface area contributed by atoms with Crippen LogP contribution in [0.25, 0.3) is 0 Å². The number of aromatic nitrogens is 3. The summed E-state index contributed by atoms with van der Waals surface area (Å²) >= 11 is 7.49. The van der Waals surface area contributed by atoms with E-state index in [2.05, 4.69) is 15.5 Å². The van der Waals surface area contributed by atoms with Gasteiger partial charge in [0.25, 0.3) is 0 Å². The molecule has 1 aromatic carbocycles. The Bertz CT molecular complexity index is 981. The van der Waals surface area contributed by atoms with Crippen molar-refractivity contribution < 1.29 is 14.3 Å². The molecule has 0 aliphatic carbocycles. The maximum Gasteiger partial charge on any atom is 0.237 e. The summed E-state index contributed by atoms with van der Waals surface area (Å²) in [6, 6.07) is 3.48. The van der Waals surface area contributed by atoms with E-state index in [0.717, 1.165) is 37.2 Å². The molecule has 1 aliphatic heterocycles. The average molecular weight is 480 g/mol. The van der Waals surface area contributed by atoms with Gasteiger partial charge in [0, 0.05) is 30.6 Å². The van der Waals surface area contributed by atoms with Crippen molar-refractivity contribution in [2.24, 2.45) is 0 Å². The lowest BCUT2D eigenvalue weighted by Crippen LogP contribution is -2.31. The number of amides is 2. The minimum absolute atomic E-state index is 0.169. The Morgan fingerprint density at radius 2 is 2.09 bits per heavy atom. The molecule has 0 spiro atoms. The molecule has 1 aliphatic rings. The Kier molecular flexibility index (Phi) is 8.42. The second-order valence-corrected chi connectivity index (χ2v) is 9.54. The minimum Gasteiger partial charge on any atom is -0.495 e. The fraction of sp³-hybridized carbons (Fsp3) is 0.545. The highest BCUT2D eigenvalue weighted by molar-refractivity contribution is 8.00. The number of ether oxygens (including phenoxy) is 1. The minimum atomic E-state index is -0.419. The monoisotopic (exact) mass is 479 g/mol. The van der Waals surface area contributed by atoms with Gasteiger partial charge >= 0.3 is 0 Å². The molecule has 174 valence electrons. The third kappa shape index (κ3) is 5.75. The molecular formula is C22H30ClN5O3S. The smallest absolute Gasteiger partial charge is 0.237 e. The maximum absolute atomic E-state index is 12.9. The van der Waals surface area contributed by atoms with Crippen molar-refractivity contribution in [3.63, 3.8) is 0 Å². The maximum atomic E-state index is 12.9. The zero-order valence-electron chi connectivity index (χ0n) is 19.0. The second-order valence-electron chi connectivity index (χ2n) is 7.82. The number of carbonyl (C=O) groups is 2. The van der Waals surface area contributed by atoms with Gasteiger partial charge in [-0.1, -0.05) is 29.8 Å². The largest absolute Gasteiger partial charge is 0.495 e. The van der Waals surface area contributed by atoms with Crippen molar-refractivity contribution in [3.05, 3.63) is 28.5 Å². The molecule has 2 amide bonds. The summed E-state index contributed by atoms with van der Waals surface area (Å²) in [4.78, 5) is 27.1. The van der Waals surface area contributed by atoms with Crippen molar-refractivity contribution in [1.29, 1.82) is 0 Å². The molecule has 0 bridgehead atoms. The lowest BCUT2D eigenvalue weighted by molar-refractivity contribution is -0.131. The van der Waals surface area contributed by atoms with Crippen molar-refractivity contribution in [1.82, 2.24) is 19.7 Å². The fourth-order valence-electron chi connectivity index (χ4n) is 3.59. The third-order valence-electron chi connectivity index (χ3n) is 5.50. The normalized spacial score (nSPS) is 15.4. The van der Waals surface area contributed by atoms with E-state index in [4.69, 9.17) is 16.3 Å². The van der Waals surface area contributed by atoms with E-state index in [1.165, 1.54) is 18.9 Å². The van der Waals surface area contributed by atoms with Gasteiger partial charge in [-0.05, 0) is 45.2 Å². The summed E-state index contributed by atoms with van der Waals surface area (Å²) in [6.45, 7) is 7.55. The van der Waals surface area contributed by atoms with Crippen LogP contribution in [-0.4, -0.2) is 50.4 Å². The molecule has 8 nitrogen and oxygen atoms in total. The number of nitrogens with one attached hydrogen (secondary N) is 1. The molecule has 0 saturated carbocycles. The lowest BCUT2D eigenvalue weighted by atomic mass is 10.2. The number of rotatable bonds is 8. The van der Waals surface area contributed by atoms with E-state index in [0.29, 0.717) is 41.1 Å². The number of nitrogens with zero attached hydrogens (tertiary/aromatic N) is 4. The van der Waals surface area contributed by atoms with E-state index in [1.54, 1.807) is 12.1 Å². The van der Waals surface area contributed by atoms with Crippen LogP contribution in [0.15, 0.2) is 17.3 Å². The number of halogens is 1. The van der Waals surface area contributed by atoms with Crippen LogP contribution in [0.4, 0.5) is 5.69 Å². The van der Waals surface area contributed by atoms with Gasteiger partial charge in [0.2, 0.25) is 11.8 Å². The predicted molar refractivity (Wildman–Crippen MR) is 126 cm³/mol. The third-order valence-corrected chi connectivity index (χ3v) is 6.99. The second kappa shape index (κ2) is 11.0. The van der Waals surface area contributed by atoms with Crippen LogP contribution in [0.5, 0.6) is 5.75 Å². The SMILES string of the molecule is CCn1c(CN2CCCCCC2=O)nnc1SC(C)C(=O)Nc1cc(C)c(Cl)cc1OC. The van der Waals surface area contributed by atoms with Crippen molar-refractivity contribution >= 4 is 40.9 Å². The molecule has 32 heavy (non-hydrogen) atoms. The van der Waals surface area contributed by atoms with Crippen molar-refractivity contribution in [2.75, 3.05) is 19.0 Å². The van der Waals surface area contributed by atoms with Crippen molar-refractivity contribution in [3.8, 4) is 5.75 Å². The Morgan fingerprint density at radius 1 is 1.31 bits per heavy atom. The first-order valence-corrected chi connectivity index (χ1v) is 12.1. The zero-order valence-corrected chi connectivity index (χ0v) is 20.6. The molecule has 2 heterocycles. The quantitative estimate of drug-likeness (QED) is 0.568. The van der Waals surface area contributed by atoms with Crippen LogP contribution in [0.3, 0.4) is 0 Å². The summed E-state index contributed by atoms with van der Waals surface area (Å²) in [5.41, 5.74) is 1.42. The van der Waals surface area contributed by atoms with Gasteiger partial charge in [0.1, 0.15) is 5.75 Å². The first-order chi connectivity index (χ1) is 15.3. The highest BCUT2D eigenvalue weighted by Gasteiger charge is 2.23. The van der Waals surface area contributed by atoms with Gasteiger partial charge in [-0.3, -0.25) is 9.59 Å². The highest BCUT2D eigenvalue weighted by Crippen LogP contribution is 2.32. The Labute approximate surface area is 198 Å². The molecule has 1 atom stereocenters. The summed E-state index contributed by atoms with van der Waals surface area (Å²) in [5, 5.41) is 12.4. The first kappa shape index (κ1) is 24.4. The summed E-state index contributed by atoms with van der Waals surface area (Å²) < 4.78 is 7.32. The molecule has 2 aromatic rings. The van der Waals surface area contributed by atoms with E-state index in [9.17, 15) is 9.59 Å². The number of hydrogen-bond acceptors (Lipinski definition) is 6. The lowest BCUT2D eigenvalue weighted by Gasteiger charge is -2.20. The number of anilines is 1. The first-order valence-electron chi connectivity index (χ1n) is 10.9. The number of thioether (sulfide) groups is 1. The van der Waals surface area contributed by atoms with Crippen LogP contribution < -0.4 is 10.1 Å². The molecule has 1 fully saturated rings. The molecular weight excluding hydrogens is 450 g/mol. The number of carbonyl (C=O) groups excluding carboxylic acids is 2. The van der Waals surface area contributed by atoms with E-state index < -0.39 is 5.25 Å². The number of aryl methyl sites for hydroxylation is 1. The van der Waals surface area contributed by atoms with Gasteiger partial charge in [0.05, 0.1) is 24.6 Å². The van der Waals surface area contributed by atoms with Crippen LogP contribution >= 0.6 is 23.4 Å². The number of methoxy groups -OCH3 is 1. The van der Waals surface area contributed by atoms with Crippen LogP contribution in [0, 0.1) is 6.92 Å². The topological polar surface area (TPSA) is 89.4 Å². The zero-order chi connectivity index (χ0) is 23.3. The molecule has 0 radical (unpaired) electrons. The van der Waals surface area contributed by atoms with E-state index in [-0.39, 0.29) is 11.8 Å². The number of benzene rings is 1. The molecule has 10 heteroatoms. The summed E-state index contributed by atoms with van der Waals surface area (Å²) in [7, 11) is 1.54. The number of hydrogen-bond donors (Lipinski definition) is 1. The van der Waals surface area contributed by atoms with Gasteiger partial charge in [0.15, 0.2) is 11.0 Å². The molecule has 1 saturated heterocycles. The fourth-order valence-corrected chi connectivity index (χ4v) is 4.68. The number of likely N-dealkylation sites (tertiary alicyclic amines) is 1. The standard InChI is InChI=1S/C22H30ClN5O3S/c1-5-28-19(13-27-10-8-6-7-9-20(27)29)25-26-22(28)32-15(3)21(30)24-17-11-14(2)16(23)12-18(17)31-4/h11-12,15H,5-10,13H2,1-4H3,(H,24,30). The van der Waals surface area contributed by atoms with E-state index in [1.807, 2.05) is 30.2 Å². The van der Waals surface area contributed by atoms with Gasteiger partial charge in [-0.2, -0.15) is 0 Å². The molecule has 1 N–H and O–H groups in total. The van der Waals surface area contributed by atoms with Gasteiger partial charge < -0.3 is 19.5 Å². The van der Waals surface area contributed by atoms with E-state index >= 15 is 0 Å². The molecule has 1 aromatic heterocycles. The van der Waals surface area contributed by atoms with Gasteiger partial charge in [-0.25, -0.2) is 0 Å². The Hall–Kier alpha value is -2.26. The molecule has 3 rings (SSSR count). The van der Waals surface area contributed by atoms with Crippen molar-refractivity contribution in [2.45, 2.75) is 70.0 Å². The Balaban J connectivity index is 1.69. The Morgan fingerprint density at radius 3 is 2.81 bits per heavy atom. The highest BCUT2D eigenvalue weighted by atomic mass is 35.5. The van der Waals surface area contributed by atoms with Crippen LogP contribution in [0.1, 0.15) is 50.9 Å². The summed E-state index contributed by atoms with van der Waals surface area (Å²) in [6.07, 6.45) is 3.63. The molecule has 1 unspecified atom stereocenters. The van der Waals surface area contributed by atoms with Crippen LogP contribution in [0.2, 0.25) is 5.02 Å². The van der Waals surface area contributed by atoms with Gasteiger partial charge in [-0.15, -0.1) is 10.2 Å². The average Bonchev–Trinajstić information content (AvgIpc) is 3.03.